The molecule has 2 saturated heterocycles. The number of amides is 4. The minimum Gasteiger partial charge on any atom is -0.336 e. The van der Waals surface area contributed by atoms with Gasteiger partial charge in [-0.2, -0.15) is 0 Å². The highest BCUT2D eigenvalue weighted by Crippen LogP contribution is 2.27. The molecule has 150 valence electrons. The van der Waals surface area contributed by atoms with Gasteiger partial charge in [-0.05, 0) is 48.4 Å². The fourth-order valence-corrected chi connectivity index (χ4v) is 3.73. The van der Waals surface area contributed by atoms with Crippen LogP contribution in [0.15, 0.2) is 48.5 Å². The van der Waals surface area contributed by atoms with Gasteiger partial charge in [-0.15, -0.1) is 0 Å². The van der Waals surface area contributed by atoms with Gasteiger partial charge in [0.05, 0.1) is 5.92 Å². The van der Waals surface area contributed by atoms with Crippen LogP contribution in [-0.2, 0) is 16.0 Å². The highest BCUT2D eigenvalue weighted by atomic mass is 16.2. The lowest BCUT2D eigenvalue weighted by Gasteiger charge is -2.17. The Bertz CT molecular complexity index is 924. The normalized spacial score (nSPS) is 18.9. The molecule has 0 saturated carbocycles. The van der Waals surface area contributed by atoms with Gasteiger partial charge < -0.3 is 15.5 Å². The first-order valence-electron chi connectivity index (χ1n) is 9.90. The van der Waals surface area contributed by atoms with E-state index in [9.17, 15) is 14.4 Å². The molecule has 4 rings (SSSR count). The van der Waals surface area contributed by atoms with Crippen LogP contribution in [0.4, 0.5) is 21.9 Å². The van der Waals surface area contributed by atoms with Crippen LogP contribution in [0, 0.1) is 5.92 Å². The molecule has 0 aliphatic carbocycles. The molecule has 0 spiro atoms. The molecule has 2 aromatic rings. The van der Waals surface area contributed by atoms with E-state index in [1.165, 1.54) is 5.56 Å². The monoisotopic (exact) mass is 392 g/mol. The highest BCUT2D eigenvalue weighted by molar-refractivity contribution is 6.03. The predicted octanol–water partition coefficient (Wildman–Crippen LogP) is 2.77. The molecule has 4 amide bonds. The average molecular weight is 392 g/mol. The number of nitrogens with zero attached hydrogens (tertiary/aromatic N) is 2. The van der Waals surface area contributed by atoms with Crippen molar-refractivity contribution in [3.63, 3.8) is 0 Å². The lowest BCUT2D eigenvalue weighted by atomic mass is 10.1. The summed E-state index contributed by atoms with van der Waals surface area (Å²) in [5.41, 5.74) is 3.48. The van der Waals surface area contributed by atoms with E-state index in [0.29, 0.717) is 25.3 Å². The predicted molar refractivity (Wildman–Crippen MR) is 112 cm³/mol. The van der Waals surface area contributed by atoms with Gasteiger partial charge in [0.2, 0.25) is 11.8 Å². The first-order valence-corrected chi connectivity index (χ1v) is 9.90. The van der Waals surface area contributed by atoms with Crippen LogP contribution in [0.25, 0.3) is 0 Å². The third kappa shape index (κ3) is 3.94. The minimum atomic E-state index is -0.391. The largest absolute Gasteiger partial charge is 0.336 e. The molecule has 29 heavy (non-hydrogen) atoms. The first kappa shape index (κ1) is 19.0. The number of hydrogen-bond donors (Lipinski definition) is 2. The highest BCUT2D eigenvalue weighted by Gasteiger charge is 2.35. The number of nitrogens with one attached hydrogen (secondary N) is 2. The lowest BCUT2D eigenvalue weighted by Crippen LogP contribution is -2.28. The number of benzene rings is 2. The standard InChI is InChI=1S/C22H24N4O3/c1-2-15-3-7-19(8-4-15)26-14-16(13-20(26)27)21(28)24-17-5-9-18(10-6-17)25-12-11-23-22(25)29/h3-10,16H,2,11-14H2,1H3,(H,23,29)(H,24,28). The zero-order chi connectivity index (χ0) is 20.4. The van der Waals surface area contributed by atoms with Crippen molar-refractivity contribution >= 4 is 34.9 Å². The average Bonchev–Trinajstić information content (AvgIpc) is 3.34. The summed E-state index contributed by atoms with van der Waals surface area (Å²) in [6.07, 6.45) is 1.15. The molecule has 1 unspecified atom stereocenters. The van der Waals surface area contributed by atoms with Crippen molar-refractivity contribution in [1.29, 1.82) is 0 Å². The molecule has 2 N–H and O–H groups in total. The van der Waals surface area contributed by atoms with Crippen LogP contribution in [0.3, 0.4) is 0 Å². The van der Waals surface area contributed by atoms with Crippen LogP contribution < -0.4 is 20.4 Å². The summed E-state index contributed by atoms with van der Waals surface area (Å²) in [4.78, 5) is 40.2. The van der Waals surface area contributed by atoms with Crippen LogP contribution in [-0.4, -0.2) is 37.5 Å². The summed E-state index contributed by atoms with van der Waals surface area (Å²) >= 11 is 0. The second kappa shape index (κ2) is 7.95. The van der Waals surface area contributed by atoms with Crippen LogP contribution in [0.2, 0.25) is 0 Å². The zero-order valence-corrected chi connectivity index (χ0v) is 16.4. The van der Waals surface area contributed by atoms with Crippen molar-refractivity contribution in [3.05, 3.63) is 54.1 Å². The molecule has 2 aliphatic heterocycles. The Balaban J connectivity index is 1.38. The molecule has 7 heteroatoms. The smallest absolute Gasteiger partial charge is 0.321 e. The summed E-state index contributed by atoms with van der Waals surface area (Å²) in [5.74, 6) is -0.597. The maximum atomic E-state index is 12.7. The molecule has 2 fully saturated rings. The molecular formula is C22H24N4O3. The molecule has 2 aliphatic rings. The van der Waals surface area contributed by atoms with Crippen molar-refractivity contribution in [2.24, 2.45) is 5.92 Å². The Kier molecular flexibility index (Phi) is 5.20. The number of anilines is 3. The molecule has 2 aromatic carbocycles. The number of aryl methyl sites for hydroxylation is 1. The van der Waals surface area contributed by atoms with Gasteiger partial charge in [0, 0.05) is 43.1 Å². The Morgan fingerprint density at radius 2 is 1.69 bits per heavy atom. The third-order valence-corrected chi connectivity index (χ3v) is 5.46. The van der Waals surface area contributed by atoms with Gasteiger partial charge >= 0.3 is 6.03 Å². The number of carbonyl (C=O) groups is 3. The molecule has 1 atom stereocenters. The zero-order valence-electron chi connectivity index (χ0n) is 16.4. The molecule has 0 radical (unpaired) electrons. The van der Waals surface area contributed by atoms with E-state index in [0.717, 1.165) is 17.8 Å². The van der Waals surface area contributed by atoms with Crippen molar-refractivity contribution < 1.29 is 14.4 Å². The van der Waals surface area contributed by atoms with Gasteiger partial charge in [-0.25, -0.2) is 4.79 Å². The second-order valence-corrected chi connectivity index (χ2v) is 7.35. The Morgan fingerprint density at radius 3 is 2.31 bits per heavy atom. The summed E-state index contributed by atoms with van der Waals surface area (Å²) in [5, 5.41) is 5.65. The number of hydrogen-bond acceptors (Lipinski definition) is 3. The lowest BCUT2D eigenvalue weighted by molar-refractivity contribution is -0.122. The Morgan fingerprint density at radius 1 is 1.03 bits per heavy atom. The van der Waals surface area contributed by atoms with Crippen LogP contribution in [0.1, 0.15) is 18.9 Å². The summed E-state index contributed by atoms with van der Waals surface area (Å²) < 4.78 is 0. The molecule has 7 nitrogen and oxygen atoms in total. The van der Waals surface area contributed by atoms with Crippen molar-refractivity contribution in [3.8, 4) is 0 Å². The number of urea groups is 1. The minimum absolute atomic E-state index is 0.0372. The van der Waals surface area contributed by atoms with Crippen molar-refractivity contribution in [2.75, 3.05) is 34.8 Å². The summed E-state index contributed by atoms with van der Waals surface area (Å²) in [6, 6.07) is 14.9. The van der Waals surface area contributed by atoms with E-state index in [2.05, 4.69) is 17.6 Å². The maximum Gasteiger partial charge on any atom is 0.321 e. The number of carbonyl (C=O) groups excluding carboxylic acids is 3. The third-order valence-electron chi connectivity index (χ3n) is 5.46. The molecular weight excluding hydrogens is 368 g/mol. The SMILES string of the molecule is CCc1ccc(N2CC(C(=O)Nc3ccc(N4CCNC4=O)cc3)CC2=O)cc1. The van der Waals surface area contributed by atoms with Gasteiger partial charge in [0.25, 0.3) is 0 Å². The van der Waals surface area contributed by atoms with E-state index in [4.69, 9.17) is 0 Å². The van der Waals surface area contributed by atoms with Crippen molar-refractivity contribution in [2.45, 2.75) is 19.8 Å². The van der Waals surface area contributed by atoms with Gasteiger partial charge in [-0.3, -0.25) is 14.5 Å². The van der Waals surface area contributed by atoms with E-state index in [-0.39, 0.29) is 24.3 Å². The van der Waals surface area contributed by atoms with Crippen LogP contribution in [0.5, 0.6) is 0 Å². The van der Waals surface area contributed by atoms with Crippen LogP contribution >= 0.6 is 0 Å². The summed E-state index contributed by atoms with van der Waals surface area (Å²) in [6.45, 7) is 3.72. The Hall–Kier alpha value is -3.35. The first-order chi connectivity index (χ1) is 14.0. The topological polar surface area (TPSA) is 81.8 Å². The fraction of sp³-hybridized carbons (Fsp3) is 0.318. The van der Waals surface area contributed by atoms with E-state index in [1.54, 1.807) is 21.9 Å². The maximum absolute atomic E-state index is 12.7. The van der Waals surface area contributed by atoms with Crippen molar-refractivity contribution in [1.82, 2.24) is 5.32 Å². The van der Waals surface area contributed by atoms with Gasteiger partial charge in [-0.1, -0.05) is 19.1 Å². The molecule has 2 heterocycles. The number of rotatable bonds is 5. The van der Waals surface area contributed by atoms with Gasteiger partial charge in [0.1, 0.15) is 0 Å². The quantitative estimate of drug-likeness (QED) is 0.821. The van der Waals surface area contributed by atoms with E-state index in [1.807, 2.05) is 36.4 Å². The summed E-state index contributed by atoms with van der Waals surface area (Å²) in [7, 11) is 0. The van der Waals surface area contributed by atoms with E-state index >= 15 is 0 Å². The van der Waals surface area contributed by atoms with E-state index < -0.39 is 5.92 Å². The Labute approximate surface area is 169 Å². The second-order valence-electron chi connectivity index (χ2n) is 7.35. The van der Waals surface area contributed by atoms with Gasteiger partial charge in [0.15, 0.2) is 0 Å². The molecule has 0 bridgehead atoms. The fourth-order valence-electron chi connectivity index (χ4n) is 3.73. The molecule has 0 aromatic heterocycles.